The summed E-state index contributed by atoms with van der Waals surface area (Å²) in [7, 11) is 0.623. The van der Waals surface area contributed by atoms with Crippen molar-refractivity contribution >= 4 is 15.9 Å². The molecule has 1 amide bonds. The van der Waals surface area contributed by atoms with E-state index < -0.39 is 22.3 Å². The SMILES string of the molecule is CNS(=O)(=O)c1cc(C(=O)N(C)Cc2ccc(OC(F)(F)F)cc2)n(C)c1. The van der Waals surface area contributed by atoms with Crippen molar-refractivity contribution in [1.82, 2.24) is 14.2 Å². The molecule has 1 heterocycles. The average Bonchev–Trinajstić information content (AvgIpc) is 2.97. The second kappa shape index (κ2) is 7.61. The zero-order chi connectivity index (χ0) is 20.4. The monoisotopic (exact) mass is 405 g/mol. The van der Waals surface area contributed by atoms with Gasteiger partial charge in [0.05, 0.1) is 0 Å². The molecule has 7 nitrogen and oxygen atoms in total. The zero-order valence-corrected chi connectivity index (χ0v) is 15.6. The lowest BCUT2D eigenvalue weighted by Crippen LogP contribution is -2.27. The van der Waals surface area contributed by atoms with Crippen molar-refractivity contribution in [2.24, 2.45) is 7.05 Å². The van der Waals surface area contributed by atoms with Gasteiger partial charge in [-0.3, -0.25) is 4.79 Å². The smallest absolute Gasteiger partial charge is 0.406 e. The van der Waals surface area contributed by atoms with E-state index in [2.05, 4.69) is 9.46 Å². The summed E-state index contributed by atoms with van der Waals surface area (Å²) in [6, 6.07) is 6.38. The Labute approximate surface area is 154 Å². The fourth-order valence-corrected chi connectivity index (χ4v) is 3.15. The predicted octanol–water partition coefficient (Wildman–Crippen LogP) is 2.10. The lowest BCUT2D eigenvalue weighted by molar-refractivity contribution is -0.274. The Kier molecular flexibility index (Phi) is 5.85. The van der Waals surface area contributed by atoms with E-state index in [4.69, 9.17) is 0 Å². The standard InChI is InChI=1S/C16H18F3N3O4S/c1-20-27(24,25)13-8-14(21(2)10-13)15(23)22(3)9-11-4-6-12(7-5-11)26-16(17,18)19/h4-8,10,20H,9H2,1-3H3. The molecule has 0 saturated heterocycles. The molecular weight excluding hydrogens is 387 g/mol. The molecule has 0 aliphatic heterocycles. The van der Waals surface area contributed by atoms with E-state index >= 15 is 0 Å². The minimum Gasteiger partial charge on any atom is -0.406 e. The lowest BCUT2D eigenvalue weighted by Gasteiger charge is -2.18. The Balaban J connectivity index is 2.12. The van der Waals surface area contributed by atoms with Crippen molar-refractivity contribution in [3.8, 4) is 5.75 Å². The number of benzene rings is 1. The molecule has 1 aromatic heterocycles. The molecule has 0 aliphatic carbocycles. The van der Waals surface area contributed by atoms with E-state index in [0.717, 1.165) is 12.1 Å². The fraction of sp³-hybridized carbons (Fsp3) is 0.312. The summed E-state index contributed by atoms with van der Waals surface area (Å²) in [5.41, 5.74) is 0.737. The number of carbonyl (C=O) groups is 1. The first-order chi connectivity index (χ1) is 12.4. The minimum atomic E-state index is -4.77. The van der Waals surface area contributed by atoms with Gasteiger partial charge in [-0.1, -0.05) is 12.1 Å². The van der Waals surface area contributed by atoms with Crippen LogP contribution in [0.15, 0.2) is 41.4 Å². The molecule has 0 bridgehead atoms. The van der Waals surface area contributed by atoms with Crippen LogP contribution < -0.4 is 9.46 Å². The summed E-state index contributed by atoms with van der Waals surface area (Å²) in [5.74, 6) is -0.796. The van der Waals surface area contributed by atoms with E-state index in [0.29, 0.717) is 5.56 Å². The highest BCUT2D eigenvalue weighted by Gasteiger charge is 2.31. The van der Waals surface area contributed by atoms with Gasteiger partial charge in [-0.15, -0.1) is 13.2 Å². The van der Waals surface area contributed by atoms with E-state index in [-0.39, 0.29) is 22.9 Å². The van der Waals surface area contributed by atoms with Crippen LogP contribution in [-0.2, 0) is 23.6 Å². The molecule has 0 atom stereocenters. The number of amides is 1. The first-order valence-corrected chi connectivity index (χ1v) is 9.11. The quantitative estimate of drug-likeness (QED) is 0.798. The van der Waals surface area contributed by atoms with Gasteiger partial charge in [0.1, 0.15) is 16.3 Å². The molecule has 1 aromatic carbocycles. The van der Waals surface area contributed by atoms with Crippen LogP contribution in [0.1, 0.15) is 16.1 Å². The van der Waals surface area contributed by atoms with Crippen molar-refractivity contribution in [2.75, 3.05) is 14.1 Å². The normalized spacial score (nSPS) is 12.1. The van der Waals surface area contributed by atoms with Crippen molar-refractivity contribution in [3.05, 3.63) is 47.8 Å². The van der Waals surface area contributed by atoms with Crippen molar-refractivity contribution in [3.63, 3.8) is 0 Å². The minimum absolute atomic E-state index is 0.0436. The summed E-state index contributed by atoms with van der Waals surface area (Å²) >= 11 is 0. The zero-order valence-electron chi connectivity index (χ0n) is 14.7. The van der Waals surface area contributed by atoms with Crippen LogP contribution in [-0.4, -0.2) is 44.2 Å². The number of alkyl halides is 3. The number of carbonyl (C=O) groups excluding carboxylic acids is 1. The first-order valence-electron chi connectivity index (χ1n) is 7.63. The van der Waals surface area contributed by atoms with Crippen molar-refractivity contribution in [1.29, 1.82) is 0 Å². The number of nitrogens with zero attached hydrogens (tertiary/aromatic N) is 2. The molecule has 11 heteroatoms. The Morgan fingerprint density at radius 1 is 1.26 bits per heavy atom. The van der Waals surface area contributed by atoms with Crippen LogP contribution in [0.2, 0.25) is 0 Å². The Bertz CT molecular complexity index is 921. The summed E-state index contributed by atoms with van der Waals surface area (Å²) < 4.78 is 67.5. The maximum absolute atomic E-state index is 12.6. The Hall–Kier alpha value is -2.53. The molecule has 0 aliphatic rings. The van der Waals surface area contributed by atoms with Crippen LogP contribution in [0, 0.1) is 0 Å². The third kappa shape index (κ3) is 5.23. The molecule has 0 spiro atoms. The number of hydrogen-bond donors (Lipinski definition) is 1. The van der Waals surface area contributed by atoms with Gasteiger partial charge in [-0.05, 0) is 30.8 Å². The highest BCUT2D eigenvalue weighted by molar-refractivity contribution is 7.89. The van der Waals surface area contributed by atoms with Gasteiger partial charge in [0.15, 0.2) is 0 Å². The van der Waals surface area contributed by atoms with Crippen molar-refractivity contribution in [2.45, 2.75) is 17.8 Å². The van der Waals surface area contributed by atoms with Gasteiger partial charge in [0.25, 0.3) is 5.91 Å². The predicted molar refractivity (Wildman–Crippen MR) is 90.6 cm³/mol. The highest BCUT2D eigenvalue weighted by atomic mass is 32.2. The average molecular weight is 405 g/mol. The van der Waals surface area contributed by atoms with E-state index in [1.54, 1.807) is 7.05 Å². The highest BCUT2D eigenvalue weighted by Crippen LogP contribution is 2.23. The van der Waals surface area contributed by atoms with E-state index in [9.17, 15) is 26.4 Å². The third-order valence-electron chi connectivity index (χ3n) is 3.70. The largest absolute Gasteiger partial charge is 0.573 e. The van der Waals surface area contributed by atoms with E-state index in [1.165, 1.54) is 48.0 Å². The second-order valence-corrected chi connectivity index (χ2v) is 7.62. The van der Waals surface area contributed by atoms with Crippen LogP contribution in [0.5, 0.6) is 5.75 Å². The van der Waals surface area contributed by atoms with Gasteiger partial charge >= 0.3 is 6.36 Å². The molecule has 27 heavy (non-hydrogen) atoms. The number of halogens is 3. The lowest BCUT2D eigenvalue weighted by atomic mass is 10.2. The Morgan fingerprint density at radius 2 is 1.85 bits per heavy atom. The maximum atomic E-state index is 12.6. The number of sulfonamides is 1. The summed E-state index contributed by atoms with van der Waals surface area (Å²) in [6.07, 6.45) is -3.46. The molecule has 0 saturated carbocycles. The summed E-state index contributed by atoms with van der Waals surface area (Å²) in [5, 5.41) is 0. The molecule has 2 rings (SSSR count). The number of aromatic nitrogens is 1. The third-order valence-corrected chi connectivity index (χ3v) is 5.08. The molecule has 0 fully saturated rings. The summed E-state index contributed by atoms with van der Waals surface area (Å²) in [6.45, 7) is 0.115. The van der Waals surface area contributed by atoms with Crippen LogP contribution >= 0.6 is 0 Å². The van der Waals surface area contributed by atoms with Crippen LogP contribution in [0.3, 0.4) is 0 Å². The van der Waals surface area contributed by atoms with Gasteiger partial charge in [-0.25, -0.2) is 13.1 Å². The molecular formula is C16H18F3N3O4S. The molecule has 0 unspecified atom stereocenters. The van der Waals surface area contributed by atoms with E-state index in [1.807, 2.05) is 0 Å². The fourth-order valence-electron chi connectivity index (χ4n) is 2.35. The van der Waals surface area contributed by atoms with Gasteiger partial charge in [-0.2, -0.15) is 0 Å². The molecule has 0 radical (unpaired) electrons. The van der Waals surface area contributed by atoms with Gasteiger partial charge in [0, 0.05) is 26.8 Å². The molecule has 148 valence electrons. The van der Waals surface area contributed by atoms with Gasteiger partial charge in [0.2, 0.25) is 10.0 Å². The van der Waals surface area contributed by atoms with Crippen molar-refractivity contribution < 1.29 is 31.1 Å². The number of rotatable bonds is 6. The molecule has 1 N–H and O–H groups in total. The number of aryl methyl sites for hydroxylation is 1. The second-order valence-electron chi connectivity index (χ2n) is 5.73. The van der Waals surface area contributed by atoms with Gasteiger partial charge < -0.3 is 14.2 Å². The number of nitrogens with one attached hydrogen (secondary N) is 1. The molecule has 2 aromatic rings. The number of hydrogen-bond acceptors (Lipinski definition) is 4. The number of ether oxygens (including phenoxy) is 1. The van der Waals surface area contributed by atoms with Crippen LogP contribution in [0.25, 0.3) is 0 Å². The first kappa shape index (κ1) is 20.8. The topological polar surface area (TPSA) is 80.6 Å². The summed E-state index contributed by atoms with van der Waals surface area (Å²) in [4.78, 5) is 13.8. The Morgan fingerprint density at radius 3 is 2.37 bits per heavy atom. The maximum Gasteiger partial charge on any atom is 0.573 e. The van der Waals surface area contributed by atoms with Crippen LogP contribution in [0.4, 0.5) is 13.2 Å².